The van der Waals surface area contributed by atoms with Crippen LogP contribution in [0.15, 0.2) is 48.5 Å². The third-order valence-corrected chi connectivity index (χ3v) is 3.60. The van der Waals surface area contributed by atoms with Gasteiger partial charge in [-0.05, 0) is 43.3 Å². The van der Waals surface area contributed by atoms with Gasteiger partial charge in [0.25, 0.3) is 0 Å². The third-order valence-electron chi connectivity index (χ3n) is 3.35. The zero-order valence-electron chi connectivity index (χ0n) is 12.1. The maximum atomic E-state index is 11.9. The zero-order chi connectivity index (χ0) is 15.5. The molecule has 3 aromatic rings. The van der Waals surface area contributed by atoms with E-state index in [2.05, 4.69) is 4.98 Å². The number of para-hydroxylation sites is 2. The van der Waals surface area contributed by atoms with Crippen LogP contribution in [-0.2, 0) is 16.1 Å². The topological polar surface area (TPSA) is 44.1 Å². The summed E-state index contributed by atoms with van der Waals surface area (Å²) in [5, 5.41) is 0.664. The van der Waals surface area contributed by atoms with Gasteiger partial charge in [0.1, 0.15) is 12.4 Å². The highest BCUT2D eigenvalue weighted by molar-refractivity contribution is 6.30. The minimum absolute atomic E-state index is 0.131. The number of halogens is 1. The largest absolute Gasteiger partial charge is 0.465 e. The first kappa shape index (κ1) is 14.6. The van der Waals surface area contributed by atoms with Gasteiger partial charge in [0.2, 0.25) is 0 Å². The molecule has 0 spiro atoms. The average Bonchev–Trinajstić information content (AvgIpc) is 2.87. The van der Waals surface area contributed by atoms with Crippen LogP contribution in [0.5, 0.6) is 0 Å². The van der Waals surface area contributed by atoms with Crippen LogP contribution in [0.3, 0.4) is 0 Å². The predicted molar refractivity (Wildman–Crippen MR) is 86.8 cm³/mol. The second kappa shape index (κ2) is 6.20. The maximum absolute atomic E-state index is 11.9. The molecule has 0 atom stereocenters. The molecule has 22 heavy (non-hydrogen) atoms. The van der Waals surface area contributed by atoms with Crippen LogP contribution in [0.4, 0.5) is 0 Å². The quantitative estimate of drug-likeness (QED) is 0.686. The third kappa shape index (κ3) is 2.83. The summed E-state index contributed by atoms with van der Waals surface area (Å²) in [6.07, 6.45) is 0. The van der Waals surface area contributed by atoms with Crippen LogP contribution < -0.4 is 0 Å². The highest BCUT2D eigenvalue weighted by Crippen LogP contribution is 2.26. The molecule has 0 amide bonds. The van der Waals surface area contributed by atoms with Crippen molar-refractivity contribution in [1.29, 1.82) is 0 Å². The van der Waals surface area contributed by atoms with Gasteiger partial charge in [-0.3, -0.25) is 4.79 Å². The first-order chi connectivity index (χ1) is 10.7. The van der Waals surface area contributed by atoms with Gasteiger partial charge in [0, 0.05) is 10.6 Å². The van der Waals surface area contributed by atoms with Gasteiger partial charge in [-0.1, -0.05) is 23.7 Å². The first-order valence-corrected chi connectivity index (χ1v) is 7.43. The Labute approximate surface area is 133 Å². The number of rotatable bonds is 4. The van der Waals surface area contributed by atoms with Gasteiger partial charge < -0.3 is 9.30 Å². The van der Waals surface area contributed by atoms with Crippen molar-refractivity contribution in [2.75, 3.05) is 6.61 Å². The molecule has 0 aliphatic carbocycles. The smallest absolute Gasteiger partial charge is 0.326 e. The number of hydrogen-bond donors (Lipinski definition) is 0. The number of carbonyl (C=O) groups is 1. The van der Waals surface area contributed by atoms with Crippen LogP contribution in [0.25, 0.3) is 22.4 Å². The molecule has 0 bridgehead atoms. The van der Waals surface area contributed by atoms with E-state index in [9.17, 15) is 4.79 Å². The van der Waals surface area contributed by atoms with Crippen molar-refractivity contribution in [2.45, 2.75) is 13.5 Å². The molecule has 0 aliphatic rings. The molecule has 2 aromatic carbocycles. The lowest BCUT2D eigenvalue weighted by atomic mass is 10.2. The number of ether oxygens (including phenoxy) is 1. The fourth-order valence-corrected chi connectivity index (χ4v) is 2.52. The monoisotopic (exact) mass is 314 g/mol. The van der Waals surface area contributed by atoms with Gasteiger partial charge in [0.15, 0.2) is 0 Å². The van der Waals surface area contributed by atoms with Crippen LogP contribution >= 0.6 is 11.6 Å². The van der Waals surface area contributed by atoms with Gasteiger partial charge >= 0.3 is 5.97 Å². The van der Waals surface area contributed by atoms with Crippen LogP contribution in [0.2, 0.25) is 5.02 Å². The molecule has 0 N–H and O–H groups in total. The Hall–Kier alpha value is -2.33. The molecule has 0 aliphatic heterocycles. The summed E-state index contributed by atoms with van der Waals surface area (Å²) in [5.41, 5.74) is 2.65. The number of fused-ring (bicyclic) bond motifs is 1. The lowest BCUT2D eigenvalue weighted by Crippen LogP contribution is -2.14. The molecule has 0 saturated carbocycles. The van der Waals surface area contributed by atoms with Crippen molar-refractivity contribution in [2.24, 2.45) is 0 Å². The summed E-state index contributed by atoms with van der Waals surface area (Å²) < 4.78 is 6.94. The molecule has 1 aromatic heterocycles. The Balaban J connectivity index is 2.11. The van der Waals surface area contributed by atoms with Gasteiger partial charge in [0.05, 0.1) is 17.6 Å². The summed E-state index contributed by atoms with van der Waals surface area (Å²) in [5.74, 6) is 0.451. The van der Waals surface area contributed by atoms with Crippen LogP contribution in [0, 0.1) is 0 Å². The molecule has 5 heteroatoms. The lowest BCUT2D eigenvalue weighted by Gasteiger charge is -2.09. The van der Waals surface area contributed by atoms with E-state index < -0.39 is 0 Å². The Morgan fingerprint density at radius 3 is 2.64 bits per heavy atom. The van der Waals surface area contributed by atoms with E-state index in [0.717, 1.165) is 22.4 Å². The van der Waals surface area contributed by atoms with Crippen LogP contribution in [0.1, 0.15) is 6.92 Å². The van der Waals surface area contributed by atoms with Gasteiger partial charge in [-0.2, -0.15) is 0 Å². The second-order valence-corrected chi connectivity index (χ2v) is 5.26. The number of nitrogens with zero attached hydrogens (tertiary/aromatic N) is 2. The number of aromatic nitrogens is 2. The van der Waals surface area contributed by atoms with Crippen molar-refractivity contribution in [3.05, 3.63) is 53.6 Å². The van der Waals surface area contributed by atoms with E-state index in [1.807, 2.05) is 53.1 Å². The number of imidazole rings is 1. The molecule has 0 unspecified atom stereocenters. The second-order valence-electron chi connectivity index (χ2n) is 4.82. The Morgan fingerprint density at radius 1 is 1.18 bits per heavy atom. The van der Waals surface area contributed by atoms with E-state index in [1.165, 1.54) is 0 Å². The molecule has 3 rings (SSSR count). The van der Waals surface area contributed by atoms with Crippen molar-refractivity contribution < 1.29 is 9.53 Å². The van der Waals surface area contributed by atoms with Crippen molar-refractivity contribution in [1.82, 2.24) is 9.55 Å². The van der Waals surface area contributed by atoms with E-state index >= 15 is 0 Å². The van der Waals surface area contributed by atoms with Gasteiger partial charge in [-0.25, -0.2) is 4.98 Å². The molecule has 0 radical (unpaired) electrons. The summed E-state index contributed by atoms with van der Waals surface area (Å²) in [7, 11) is 0. The summed E-state index contributed by atoms with van der Waals surface area (Å²) in [4.78, 5) is 16.5. The maximum Gasteiger partial charge on any atom is 0.326 e. The molecular weight excluding hydrogens is 300 g/mol. The van der Waals surface area contributed by atoms with E-state index in [-0.39, 0.29) is 12.5 Å². The lowest BCUT2D eigenvalue weighted by molar-refractivity contribution is -0.143. The Kier molecular flexibility index (Phi) is 4.11. The molecule has 112 valence electrons. The number of benzene rings is 2. The molecule has 0 fully saturated rings. The SMILES string of the molecule is CCOC(=O)Cn1c(-c2ccc(Cl)cc2)nc2ccccc21. The fourth-order valence-electron chi connectivity index (χ4n) is 2.39. The van der Waals surface area contributed by atoms with Crippen LogP contribution in [-0.4, -0.2) is 22.1 Å². The standard InChI is InChI=1S/C17H15ClN2O2/c1-2-22-16(21)11-20-15-6-4-3-5-14(15)19-17(20)12-7-9-13(18)10-8-12/h3-10H,2,11H2,1H3. The fraction of sp³-hybridized carbons (Fsp3) is 0.176. The van der Waals surface area contributed by atoms with Crippen molar-refractivity contribution in [3.8, 4) is 11.4 Å². The molecule has 1 heterocycles. The summed E-state index contributed by atoms with van der Waals surface area (Å²) in [6.45, 7) is 2.29. The van der Waals surface area contributed by atoms with E-state index in [4.69, 9.17) is 16.3 Å². The van der Waals surface area contributed by atoms with E-state index in [1.54, 1.807) is 6.92 Å². The number of carbonyl (C=O) groups excluding carboxylic acids is 1. The highest BCUT2D eigenvalue weighted by Gasteiger charge is 2.15. The normalized spacial score (nSPS) is 10.8. The number of hydrogen-bond acceptors (Lipinski definition) is 3. The minimum Gasteiger partial charge on any atom is -0.465 e. The number of esters is 1. The van der Waals surface area contributed by atoms with Crippen molar-refractivity contribution in [3.63, 3.8) is 0 Å². The molecular formula is C17H15ClN2O2. The van der Waals surface area contributed by atoms with E-state index in [0.29, 0.717) is 11.6 Å². The highest BCUT2D eigenvalue weighted by atomic mass is 35.5. The first-order valence-electron chi connectivity index (χ1n) is 7.06. The average molecular weight is 315 g/mol. The molecule has 4 nitrogen and oxygen atoms in total. The Bertz CT molecular complexity index is 809. The van der Waals surface area contributed by atoms with Gasteiger partial charge in [-0.15, -0.1) is 0 Å². The van der Waals surface area contributed by atoms with Crippen molar-refractivity contribution >= 4 is 28.6 Å². The summed E-state index contributed by atoms with van der Waals surface area (Å²) in [6, 6.07) is 15.1. The molecule has 0 saturated heterocycles. The Morgan fingerprint density at radius 2 is 1.91 bits per heavy atom. The minimum atomic E-state index is -0.277. The predicted octanol–water partition coefficient (Wildman–Crippen LogP) is 3.92. The zero-order valence-corrected chi connectivity index (χ0v) is 12.9. The summed E-state index contributed by atoms with van der Waals surface area (Å²) >= 11 is 5.94.